The molecule has 0 spiro atoms. The number of benzene rings is 3. The van der Waals surface area contributed by atoms with E-state index in [1.54, 1.807) is 48.5 Å². The van der Waals surface area contributed by atoms with Gasteiger partial charge in [0.15, 0.2) is 12.6 Å². The van der Waals surface area contributed by atoms with E-state index in [9.17, 15) is 9.18 Å². The van der Waals surface area contributed by atoms with Gasteiger partial charge in [-0.3, -0.25) is 4.79 Å². The average molecular weight is 439 g/mol. The van der Waals surface area contributed by atoms with E-state index in [1.165, 1.54) is 12.1 Å². The molecule has 2 aliphatic heterocycles. The molecular formula is C24H16ClFO5. The molecule has 0 aliphatic carbocycles. The summed E-state index contributed by atoms with van der Waals surface area (Å²) >= 11 is 6.20. The minimum absolute atomic E-state index is 0.131. The molecule has 0 aromatic heterocycles. The topological polar surface area (TPSA) is 54.0 Å². The maximum absolute atomic E-state index is 13.3. The van der Waals surface area contributed by atoms with Crippen molar-refractivity contribution in [3.05, 3.63) is 93.5 Å². The van der Waals surface area contributed by atoms with Crippen molar-refractivity contribution in [1.82, 2.24) is 0 Å². The van der Waals surface area contributed by atoms with Gasteiger partial charge < -0.3 is 18.9 Å². The van der Waals surface area contributed by atoms with Crippen LogP contribution in [-0.2, 0) is 18.0 Å². The molecule has 5 nitrogen and oxygen atoms in total. The predicted molar refractivity (Wildman–Crippen MR) is 112 cm³/mol. The van der Waals surface area contributed by atoms with Crippen LogP contribution < -0.4 is 14.2 Å². The fourth-order valence-electron chi connectivity index (χ4n) is 3.51. The smallest absolute Gasteiger partial charge is 0.231 e. The Morgan fingerprint density at radius 2 is 2.03 bits per heavy atom. The molecule has 0 unspecified atom stereocenters. The largest absolute Gasteiger partial charge is 0.489 e. The zero-order chi connectivity index (χ0) is 21.4. The van der Waals surface area contributed by atoms with Crippen LogP contribution in [-0.4, -0.2) is 12.6 Å². The third kappa shape index (κ3) is 4.00. The fourth-order valence-corrected chi connectivity index (χ4v) is 3.76. The van der Waals surface area contributed by atoms with Gasteiger partial charge in [-0.25, -0.2) is 4.39 Å². The van der Waals surface area contributed by atoms with Crippen molar-refractivity contribution in [3.63, 3.8) is 0 Å². The highest BCUT2D eigenvalue weighted by atomic mass is 35.5. The van der Waals surface area contributed by atoms with Crippen molar-refractivity contribution in [2.75, 3.05) is 6.79 Å². The molecule has 0 N–H and O–H groups in total. The molecule has 0 atom stereocenters. The van der Waals surface area contributed by atoms with Gasteiger partial charge >= 0.3 is 0 Å². The predicted octanol–water partition coefficient (Wildman–Crippen LogP) is 5.54. The number of hydrogen-bond acceptors (Lipinski definition) is 5. The van der Waals surface area contributed by atoms with Gasteiger partial charge in [0.05, 0.1) is 12.2 Å². The number of Topliss-reactive ketones (excluding diaryl/α,β-unsaturated/α-hetero) is 1. The molecule has 2 heterocycles. The zero-order valence-corrected chi connectivity index (χ0v) is 16.9. The molecule has 31 heavy (non-hydrogen) atoms. The summed E-state index contributed by atoms with van der Waals surface area (Å²) in [7, 11) is 0. The number of ketones is 1. The summed E-state index contributed by atoms with van der Waals surface area (Å²) in [5.41, 5.74) is 2.59. The number of fused-ring (bicyclic) bond motifs is 2. The summed E-state index contributed by atoms with van der Waals surface area (Å²) < 4.78 is 35.7. The lowest BCUT2D eigenvalue weighted by atomic mass is 10.1. The number of halogens is 2. The Labute approximate surface area is 182 Å². The summed E-state index contributed by atoms with van der Waals surface area (Å²) in [5.74, 6) is 1.13. The lowest BCUT2D eigenvalue weighted by molar-refractivity contribution is -0.0165. The molecule has 0 saturated carbocycles. The van der Waals surface area contributed by atoms with E-state index in [1.807, 2.05) is 0 Å². The minimum atomic E-state index is -0.322. The van der Waals surface area contributed by atoms with Crippen molar-refractivity contribution >= 4 is 23.5 Å². The van der Waals surface area contributed by atoms with E-state index in [4.69, 9.17) is 30.5 Å². The van der Waals surface area contributed by atoms with Crippen LogP contribution in [0.25, 0.3) is 6.08 Å². The standard InChI is InChI=1S/C24H16ClFO5/c25-17-7-15(24-16(8-17)12-28-13-30-24)9-22-23(27)20-5-4-19(10-21(20)31-22)29-11-14-2-1-3-18(26)6-14/h1-10H,11-13H2/b22-9-. The number of allylic oxidation sites excluding steroid dienone is 1. The normalized spacial score (nSPS) is 15.8. The molecule has 7 heteroatoms. The summed E-state index contributed by atoms with van der Waals surface area (Å²) in [6.45, 7) is 0.709. The van der Waals surface area contributed by atoms with Gasteiger partial charge in [-0.1, -0.05) is 23.7 Å². The fraction of sp³-hybridized carbons (Fsp3) is 0.125. The molecule has 0 fully saturated rings. The molecule has 3 aromatic rings. The molecular weight excluding hydrogens is 423 g/mol. The van der Waals surface area contributed by atoms with Gasteiger partial charge in [0.2, 0.25) is 5.78 Å². The van der Waals surface area contributed by atoms with E-state index in [0.717, 1.165) is 5.56 Å². The van der Waals surface area contributed by atoms with Crippen LogP contribution >= 0.6 is 11.6 Å². The lowest BCUT2D eigenvalue weighted by Crippen LogP contribution is -2.12. The Morgan fingerprint density at radius 3 is 2.90 bits per heavy atom. The van der Waals surface area contributed by atoms with E-state index in [2.05, 4.69) is 0 Å². The highest BCUT2D eigenvalue weighted by molar-refractivity contribution is 6.31. The summed E-state index contributed by atoms with van der Waals surface area (Å²) in [6, 6.07) is 14.6. The number of rotatable bonds is 4. The zero-order valence-electron chi connectivity index (χ0n) is 16.2. The highest BCUT2D eigenvalue weighted by Gasteiger charge is 2.28. The Morgan fingerprint density at radius 1 is 1.13 bits per heavy atom. The molecule has 156 valence electrons. The van der Waals surface area contributed by atoms with Gasteiger partial charge in [0, 0.05) is 22.2 Å². The van der Waals surface area contributed by atoms with Crippen LogP contribution in [0.3, 0.4) is 0 Å². The SMILES string of the molecule is O=C1/C(=C/c2cc(Cl)cc3c2OCOC3)Oc2cc(OCc3cccc(F)c3)ccc21. The monoisotopic (exact) mass is 438 g/mol. The van der Waals surface area contributed by atoms with Crippen LogP contribution in [0.1, 0.15) is 27.0 Å². The van der Waals surface area contributed by atoms with Gasteiger partial charge in [-0.15, -0.1) is 0 Å². The number of carbonyl (C=O) groups excluding carboxylic acids is 1. The lowest BCUT2D eigenvalue weighted by Gasteiger charge is -2.20. The Hall–Kier alpha value is -3.35. The first-order chi connectivity index (χ1) is 15.1. The van der Waals surface area contributed by atoms with Crippen molar-refractivity contribution in [2.24, 2.45) is 0 Å². The van der Waals surface area contributed by atoms with E-state index in [0.29, 0.717) is 45.6 Å². The molecule has 5 rings (SSSR count). The van der Waals surface area contributed by atoms with Gasteiger partial charge in [-0.05, 0) is 48.0 Å². The summed E-state index contributed by atoms with van der Waals surface area (Å²) in [5, 5.41) is 0.510. The van der Waals surface area contributed by atoms with Crippen LogP contribution in [0.2, 0.25) is 5.02 Å². The number of carbonyl (C=O) groups is 1. The Balaban J connectivity index is 1.38. The van der Waals surface area contributed by atoms with Crippen molar-refractivity contribution in [1.29, 1.82) is 0 Å². The Kier molecular flexibility index (Phi) is 5.10. The van der Waals surface area contributed by atoms with E-state index < -0.39 is 0 Å². The summed E-state index contributed by atoms with van der Waals surface area (Å²) in [4.78, 5) is 12.8. The molecule has 0 saturated heterocycles. The van der Waals surface area contributed by atoms with Gasteiger partial charge in [0.1, 0.15) is 29.7 Å². The second-order valence-corrected chi connectivity index (χ2v) is 7.55. The van der Waals surface area contributed by atoms with Crippen LogP contribution in [0.4, 0.5) is 4.39 Å². The second-order valence-electron chi connectivity index (χ2n) is 7.11. The van der Waals surface area contributed by atoms with E-state index in [-0.39, 0.29) is 30.8 Å². The van der Waals surface area contributed by atoms with Gasteiger partial charge in [-0.2, -0.15) is 0 Å². The van der Waals surface area contributed by atoms with Crippen LogP contribution in [0, 0.1) is 5.82 Å². The maximum atomic E-state index is 13.3. The second kappa shape index (κ2) is 8.06. The first-order valence-corrected chi connectivity index (χ1v) is 9.93. The third-order valence-corrected chi connectivity index (χ3v) is 5.14. The van der Waals surface area contributed by atoms with Crippen molar-refractivity contribution in [3.8, 4) is 17.2 Å². The van der Waals surface area contributed by atoms with Crippen molar-refractivity contribution in [2.45, 2.75) is 13.2 Å². The number of hydrogen-bond donors (Lipinski definition) is 0. The molecule has 2 aliphatic rings. The molecule has 0 bridgehead atoms. The maximum Gasteiger partial charge on any atom is 0.231 e. The third-order valence-electron chi connectivity index (χ3n) is 4.93. The van der Waals surface area contributed by atoms with Crippen LogP contribution in [0.5, 0.6) is 17.2 Å². The van der Waals surface area contributed by atoms with Crippen LogP contribution in [0.15, 0.2) is 60.4 Å². The molecule has 3 aromatic carbocycles. The first kappa shape index (κ1) is 19.6. The summed E-state index contributed by atoms with van der Waals surface area (Å²) in [6.07, 6.45) is 1.62. The first-order valence-electron chi connectivity index (χ1n) is 9.55. The quantitative estimate of drug-likeness (QED) is 0.500. The number of ether oxygens (including phenoxy) is 4. The Bertz CT molecular complexity index is 1220. The van der Waals surface area contributed by atoms with E-state index >= 15 is 0 Å². The highest BCUT2D eigenvalue weighted by Crippen LogP contribution is 2.38. The minimum Gasteiger partial charge on any atom is -0.489 e. The molecule has 0 radical (unpaired) electrons. The van der Waals surface area contributed by atoms with Crippen molar-refractivity contribution < 1.29 is 28.1 Å². The molecule has 0 amide bonds. The average Bonchev–Trinajstić information content (AvgIpc) is 3.07. The van der Waals surface area contributed by atoms with Gasteiger partial charge in [0.25, 0.3) is 0 Å².